The van der Waals surface area contributed by atoms with Gasteiger partial charge in [-0.1, -0.05) is 0 Å². The monoisotopic (exact) mass is 275 g/mol. The number of H-pyrrole nitrogens is 1. The van der Waals surface area contributed by atoms with E-state index < -0.39 is 0 Å². The Morgan fingerprint density at radius 2 is 2.16 bits per heavy atom. The average Bonchev–Trinajstić information content (AvgIpc) is 3.01. The first kappa shape index (κ1) is 12.4. The van der Waals surface area contributed by atoms with Gasteiger partial charge in [0.2, 0.25) is 0 Å². The molecule has 0 radical (unpaired) electrons. The number of hydrogen-bond acceptors (Lipinski definition) is 4. The molecular weight excluding hydrogens is 258 g/mol. The summed E-state index contributed by atoms with van der Waals surface area (Å²) >= 11 is 1.69. The molecule has 0 bridgehead atoms. The topological polar surface area (TPSA) is 58.0 Å². The smallest absolute Gasteiger partial charge is 0.194 e. The Morgan fingerprint density at radius 3 is 2.89 bits per heavy atom. The van der Waals surface area contributed by atoms with E-state index in [1.807, 2.05) is 13.1 Å². The molecule has 0 aliphatic carbocycles. The van der Waals surface area contributed by atoms with Gasteiger partial charge >= 0.3 is 0 Å². The first-order valence-corrected chi connectivity index (χ1v) is 7.16. The highest BCUT2D eigenvalue weighted by Crippen LogP contribution is 2.20. The number of imidazole rings is 1. The maximum Gasteiger partial charge on any atom is 0.194 e. The Bertz CT molecular complexity index is 706. The highest BCUT2D eigenvalue weighted by atomic mass is 32.1. The van der Waals surface area contributed by atoms with Gasteiger partial charge in [0.05, 0.1) is 17.6 Å². The lowest BCUT2D eigenvalue weighted by Crippen LogP contribution is -2.15. The number of aromatic nitrogens is 4. The summed E-state index contributed by atoms with van der Waals surface area (Å²) in [6.07, 6.45) is 1.87. The van der Waals surface area contributed by atoms with E-state index in [0.717, 1.165) is 29.4 Å². The molecule has 0 fully saturated rings. The van der Waals surface area contributed by atoms with Crippen LogP contribution in [0, 0.1) is 20.8 Å². The second kappa shape index (κ2) is 4.79. The minimum Gasteiger partial charge on any atom is -0.307 e. The molecule has 3 rings (SSSR count). The van der Waals surface area contributed by atoms with Gasteiger partial charge < -0.3 is 5.32 Å². The lowest BCUT2D eigenvalue weighted by molar-refractivity contribution is 0.668. The lowest BCUT2D eigenvalue weighted by Gasteiger charge is -2.05. The molecule has 0 aliphatic heterocycles. The van der Waals surface area contributed by atoms with Gasteiger partial charge in [-0.3, -0.25) is 9.50 Å². The molecule has 0 aromatic carbocycles. The van der Waals surface area contributed by atoms with Crippen LogP contribution in [-0.2, 0) is 13.1 Å². The van der Waals surface area contributed by atoms with Crippen molar-refractivity contribution in [2.24, 2.45) is 0 Å². The van der Waals surface area contributed by atoms with E-state index in [0.29, 0.717) is 0 Å². The van der Waals surface area contributed by atoms with Crippen molar-refractivity contribution in [3.8, 4) is 0 Å². The van der Waals surface area contributed by atoms with E-state index in [1.54, 1.807) is 11.3 Å². The molecule has 19 heavy (non-hydrogen) atoms. The maximum atomic E-state index is 4.59. The Hall–Kier alpha value is -1.66. The van der Waals surface area contributed by atoms with E-state index in [-0.39, 0.29) is 0 Å². The summed E-state index contributed by atoms with van der Waals surface area (Å²) in [5.74, 6) is 0. The van der Waals surface area contributed by atoms with Gasteiger partial charge in [0.25, 0.3) is 0 Å². The van der Waals surface area contributed by atoms with Crippen LogP contribution in [0.1, 0.15) is 28.3 Å². The zero-order valence-corrected chi connectivity index (χ0v) is 12.1. The number of thiazole rings is 1. The molecule has 100 valence electrons. The maximum absolute atomic E-state index is 4.59. The minimum absolute atomic E-state index is 0.815. The second-order valence-corrected chi connectivity index (χ2v) is 5.60. The molecule has 0 saturated carbocycles. The summed E-state index contributed by atoms with van der Waals surface area (Å²) < 4.78 is 2.23. The number of nitrogens with one attached hydrogen (secondary N) is 2. The van der Waals surface area contributed by atoms with E-state index >= 15 is 0 Å². The Balaban J connectivity index is 1.76. The minimum atomic E-state index is 0.815. The van der Waals surface area contributed by atoms with Crippen LogP contribution >= 0.6 is 11.3 Å². The zero-order valence-electron chi connectivity index (χ0n) is 11.3. The molecule has 2 N–H and O–H groups in total. The summed E-state index contributed by atoms with van der Waals surface area (Å²) in [5.41, 5.74) is 5.92. The van der Waals surface area contributed by atoms with Gasteiger partial charge in [-0.2, -0.15) is 5.10 Å². The average molecular weight is 275 g/mol. The third-order valence-electron chi connectivity index (χ3n) is 3.37. The summed E-state index contributed by atoms with van der Waals surface area (Å²) in [7, 11) is 0. The molecule has 3 aromatic rings. The Kier molecular flexibility index (Phi) is 3.12. The van der Waals surface area contributed by atoms with Gasteiger partial charge in [-0.25, -0.2) is 4.98 Å². The second-order valence-electron chi connectivity index (χ2n) is 4.76. The van der Waals surface area contributed by atoms with Crippen LogP contribution < -0.4 is 5.32 Å². The molecule has 3 heterocycles. The van der Waals surface area contributed by atoms with Crippen molar-refractivity contribution in [3.63, 3.8) is 0 Å². The molecule has 0 unspecified atom stereocenters. The van der Waals surface area contributed by atoms with Crippen molar-refractivity contribution in [3.05, 3.63) is 39.9 Å². The first-order valence-electron chi connectivity index (χ1n) is 6.28. The summed E-state index contributed by atoms with van der Waals surface area (Å²) in [6.45, 7) is 7.86. The predicted octanol–water partition coefficient (Wildman–Crippen LogP) is 2.33. The molecule has 3 aromatic heterocycles. The van der Waals surface area contributed by atoms with Crippen molar-refractivity contribution in [2.75, 3.05) is 0 Å². The fourth-order valence-electron chi connectivity index (χ4n) is 2.25. The van der Waals surface area contributed by atoms with Gasteiger partial charge in [0.15, 0.2) is 4.96 Å². The fraction of sp³-hybridized carbons (Fsp3) is 0.385. The van der Waals surface area contributed by atoms with Crippen LogP contribution in [0.4, 0.5) is 0 Å². The molecule has 0 spiro atoms. The molecule has 0 amide bonds. The molecule has 6 heteroatoms. The number of fused-ring (bicyclic) bond motifs is 1. The van der Waals surface area contributed by atoms with E-state index in [2.05, 4.69) is 44.1 Å². The van der Waals surface area contributed by atoms with Gasteiger partial charge in [-0.05, 0) is 20.8 Å². The van der Waals surface area contributed by atoms with Gasteiger partial charge in [-0.15, -0.1) is 11.3 Å². The van der Waals surface area contributed by atoms with Crippen LogP contribution in [0.5, 0.6) is 0 Å². The normalized spacial score (nSPS) is 11.5. The number of aromatic amines is 1. The Labute approximate surface area is 115 Å². The van der Waals surface area contributed by atoms with Crippen LogP contribution in [0.2, 0.25) is 0 Å². The van der Waals surface area contributed by atoms with E-state index in [9.17, 15) is 0 Å². The van der Waals surface area contributed by atoms with Crippen LogP contribution in [0.15, 0.2) is 11.6 Å². The zero-order chi connectivity index (χ0) is 13.4. The quantitative estimate of drug-likeness (QED) is 0.768. The summed E-state index contributed by atoms with van der Waals surface area (Å²) in [6, 6.07) is 0. The van der Waals surface area contributed by atoms with Crippen LogP contribution in [-0.4, -0.2) is 19.6 Å². The van der Waals surface area contributed by atoms with E-state index in [4.69, 9.17) is 0 Å². The lowest BCUT2D eigenvalue weighted by atomic mass is 10.2. The van der Waals surface area contributed by atoms with Crippen molar-refractivity contribution in [1.29, 1.82) is 0 Å². The molecule has 0 aliphatic rings. The third-order valence-corrected chi connectivity index (χ3v) is 4.32. The third kappa shape index (κ3) is 2.17. The number of rotatable bonds is 4. The highest BCUT2D eigenvalue weighted by Gasteiger charge is 2.11. The first-order chi connectivity index (χ1) is 9.16. The largest absolute Gasteiger partial charge is 0.307 e. The molecule has 5 nitrogen and oxygen atoms in total. The van der Waals surface area contributed by atoms with Crippen LogP contribution in [0.25, 0.3) is 4.96 Å². The standard InChI is InChI=1S/C13H17N5S/c1-8-7-19-13-16-10(3)12(18(8)13)6-14-4-11-5-15-17-9(11)2/h5,7,14H,4,6H2,1-3H3,(H,15,17). The number of hydrogen-bond donors (Lipinski definition) is 2. The Morgan fingerprint density at radius 1 is 1.32 bits per heavy atom. The van der Waals surface area contributed by atoms with Crippen LogP contribution in [0.3, 0.4) is 0 Å². The molecular formula is C13H17N5S. The van der Waals surface area contributed by atoms with Crippen molar-refractivity contribution in [1.82, 2.24) is 24.9 Å². The van der Waals surface area contributed by atoms with E-state index in [1.165, 1.54) is 17.0 Å². The molecule has 0 saturated heterocycles. The number of aryl methyl sites for hydroxylation is 3. The SMILES string of the molecule is Cc1nc2scc(C)n2c1CNCc1cn[nH]c1C. The van der Waals surface area contributed by atoms with Crippen molar-refractivity contribution >= 4 is 16.3 Å². The van der Waals surface area contributed by atoms with Crippen molar-refractivity contribution < 1.29 is 0 Å². The van der Waals surface area contributed by atoms with Gasteiger partial charge in [0.1, 0.15) is 0 Å². The molecule has 0 atom stereocenters. The summed E-state index contributed by atoms with van der Waals surface area (Å²) in [4.78, 5) is 5.67. The van der Waals surface area contributed by atoms with Gasteiger partial charge in [0, 0.05) is 35.4 Å². The summed E-state index contributed by atoms with van der Waals surface area (Å²) in [5, 5.41) is 12.6. The fourth-order valence-corrected chi connectivity index (χ4v) is 3.18. The highest BCUT2D eigenvalue weighted by molar-refractivity contribution is 7.15. The number of nitrogens with zero attached hydrogens (tertiary/aromatic N) is 3. The van der Waals surface area contributed by atoms with Crippen molar-refractivity contribution in [2.45, 2.75) is 33.9 Å². The predicted molar refractivity (Wildman–Crippen MR) is 76.4 cm³/mol.